The van der Waals surface area contributed by atoms with E-state index in [-0.39, 0.29) is 0 Å². The second-order valence-corrected chi connectivity index (χ2v) is 3.00. The number of carboxylic acids is 1. The summed E-state index contributed by atoms with van der Waals surface area (Å²) in [6.45, 7) is 2.83. The van der Waals surface area contributed by atoms with Gasteiger partial charge in [0.1, 0.15) is 0 Å². The van der Waals surface area contributed by atoms with Gasteiger partial charge in [-0.05, 0) is 6.42 Å². The van der Waals surface area contributed by atoms with Crippen LogP contribution in [-0.4, -0.2) is 23.1 Å². The molecule has 1 aromatic rings. The first-order chi connectivity index (χ1) is 7.57. The lowest BCUT2D eigenvalue weighted by molar-refractivity contribution is -0.162. The third-order valence-electron chi connectivity index (χ3n) is 1.62. The van der Waals surface area contributed by atoms with Gasteiger partial charge in [-0.25, -0.2) is 4.79 Å². The molecule has 4 nitrogen and oxygen atoms in total. The highest BCUT2D eigenvalue weighted by Crippen LogP contribution is 1.97. The summed E-state index contributed by atoms with van der Waals surface area (Å²) in [6, 6.07) is 12.0. The maximum atomic E-state index is 10.2. The minimum Gasteiger partial charge on any atom is -0.479 e. The smallest absolute Gasteiger partial charge is 0.345 e. The summed E-state index contributed by atoms with van der Waals surface area (Å²) in [5.74, 6) is -1.66. The molecule has 0 aliphatic carbocycles. The van der Waals surface area contributed by atoms with Crippen molar-refractivity contribution in [3.63, 3.8) is 0 Å². The van der Waals surface area contributed by atoms with Gasteiger partial charge < -0.3 is 9.84 Å². The highest BCUT2D eigenvalue weighted by atomic mass is 16.6. The summed E-state index contributed by atoms with van der Waals surface area (Å²) in [5, 5.41) is 8.34. The van der Waals surface area contributed by atoms with Crippen molar-refractivity contribution in [1.82, 2.24) is 0 Å². The molecule has 0 saturated heterocycles. The highest BCUT2D eigenvalue weighted by molar-refractivity contribution is 5.76. The third kappa shape index (κ3) is 7.55. The highest BCUT2D eigenvalue weighted by Gasteiger charge is 2.16. The van der Waals surface area contributed by atoms with Gasteiger partial charge in [0.05, 0.1) is 0 Å². The van der Waals surface area contributed by atoms with Gasteiger partial charge >= 0.3 is 11.9 Å². The van der Waals surface area contributed by atoms with E-state index in [9.17, 15) is 9.59 Å². The minimum absolute atomic E-state index is 0.301. The van der Waals surface area contributed by atoms with Crippen LogP contribution in [0.5, 0.6) is 0 Å². The molecule has 1 N–H and O–H groups in total. The molecule has 1 atom stereocenters. The second-order valence-electron chi connectivity index (χ2n) is 3.00. The lowest BCUT2D eigenvalue weighted by atomic mass is 10.3. The molecule has 0 saturated carbocycles. The van der Waals surface area contributed by atoms with Crippen molar-refractivity contribution in [2.24, 2.45) is 0 Å². The van der Waals surface area contributed by atoms with Crippen molar-refractivity contribution in [3.8, 4) is 0 Å². The van der Waals surface area contributed by atoms with Gasteiger partial charge in [-0.3, -0.25) is 4.79 Å². The van der Waals surface area contributed by atoms with Crippen LogP contribution in [0.4, 0.5) is 0 Å². The summed E-state index contributed by atoms with van der Waals surface area (Å²) in [7, 11) is 0. The Bertz CT molecular complexity index is 281. The number of carbonyl (C=O) groups excluding carboxylic acids is 1. The number of aliphatic carboxylic acids is 1. The Labute approximate surface area is 94.9 Å². The standard InChI is InChI=1S/C6H10O4.C6H6/c1-3-5(6(8)9)10-4(2)7;1-2-4-6-5-3-1/h5H,3H2,1-2H3,(H,8,9);1-6H. The molecule has 0 aliphatic heterocycles. The number of carbonyl (C=O) groups is 2. The fourth-order valence-electron chi connectivity index (χ4n) is 0.894. The topological polar surface area (TPSA) is 63.6 Å². The Balaban J connectivity index is 0.000000315. The van der Waals surface area contributed by atoms with Crippen LogP contribution in [0.25, 0.3) is 0 Å². The summed E-state index contributed by atoms with van der Waals surface area (Å²) < 4.78 is 4.42. The molecule has 0 aromatic heterocycles. The summed E-state index contributed by atoms with van der Waals surface area (Å²) in [4.78, 5) is 20.4. The fourth-order valence-corrected chi connectivity index (χ4v) is 0.894. The van der Waals surface area contributed by atoms with Crippen LogP contribution in [-0.2, 0) is 14.3 Å². The van der Waals surface area contributed by atoms with Crippen molar-refractivity contribution < 1.29 is 19.4 Å². The zero-order chi connectivity index (χ0) is 12.4. The normalized spacial score (nSPS) is 10.6. The Kier molecular flexibility index (Phi) is 7.49. The molecule has 4 heteroatoms. The average Bonchev–Trinajstić information content (AvgIpc) is 2.28. The molecular formula is C12H16O4. The summed E-state index contributed by atoms with van der Waals surface area (Å²) >= 11 is 0. The molecule has 0 fully saturated rings. The molecule has 0 aliphatic rings. The molecule has 0 bridgehead atoms. The largest absolute Gasteiger partial charge is 0.479 e. The van der Waals surface area contributed by atoms with Crippen molar-refractivity contribution >= 4 is 11.9 Å². The van der Waals surface area contributed by atoms with Crippen LogP contribution >= 0.6 is 0 Å². The van der Waals surface area contributed by atoms with E-state index in [0.717, 1.165) is 0 Å². The Morgan fingerprint density at radius 3 is 1.62 bits per heavy atom. The lowest BCUT2D eigenvalue weighted by Gasteiger charge is -2.08. The zero-order valence-electron chi connectivity index (χ0n) is 9.42. The molecule has 1 unspecified atom stereocenters. The van der Waals surface area contributed by atoms with Crippen LogP contribution in [0.2, 0.25) is 0 Å². The van der Waals surface area contributed by atoms with Crippen molar-refractivity contribution in [1.29, 1.82) is 0 Å². The van der Waals surface area contributed by atoms with E-state index in [1.54, 1.807) is 6.92 Å². The third-order valence-corrected chi connectivity index (χ3v) is 1.62. The Morgan fingerprint density at radius 1 is 1.12 bits per heavy atom. The molecule has 1 rings (SSSR count). The Morgan fingerprint density at radius 2 is 1.50 bits per heavy atom. The van der Waals surface area contributed by atoms with Crippen molar-refractivity contribution in [3.05, 3.63) is 36.4 Å². The van der Waals surface area contributed by atoms with Gasteiger partial charge in [0.2, 0.25) is 0 Å². The van der Waals surface area contributed by atoms with Gasteiger partial charge in [0, 0.05) is 6.92 Å². The number of benzene rings is 1. The van der Waals surface area contributed by atoms with Crippen LogP contribution in [0.1, 0.15) is 20.3 Å². The lowest BCUT2D eigenvalue weighted by Crippen LogP contribution is -2.24. The summed E-state index contributed by atoms with van der Waals surface area (Å²) in [5.41, 5.74) is 0. The second kappa shape index (κ2) is 8.47. The molecule has 16 heavy (non-hydrogen) atoms. The van der Waals surface area contributed by atoms with E-state index in [1.165, 1.54) is 6.92 Å². The van der Waals surface area contributed by atoms with Crippen molar-refractivity contribution in [2.75, 3.05) is 0 Å². The van der Waals surface area contributed by atoms with Gasteiger partial charge in [-0.2, -0.15) is 0 Å². The number of hydrogen-bond donors (Lipinski definition) is 1. The molecular weight excluding hydrogens is 208 g/mol. The molecule has 0 spiro atoms. The van der Waals surface area contributed by atoms with Crippen molar-refractivity contribution in [2.45, 2.75) is 26.4 Å². The van der Waals surface area contributed by atoms with E-state index < -0.39 is 18.0 Å². The Hall–Kier alpha value is -1.84. The molecule has 88 valence electrons. The number of esters is 1. The van der Waals surface area contributed by atoms with Crippen LogP contribution in [0.15, 0.2) is 36.4 Å². The van der Waals surface area contributed by atoms with Crippen LogP contribution < -0.4 is 0 Å². The first-order valence-corrected chi connectivity index (χ1v) is 4.98. The predicted molar refractivity (Wildman–Crippen MR) is 59.9 cm³/mol. The fraction of sp³-hybridized carbons (Fsp3) is 0.333. The maximum absolute atomic E-state index is 10.2. The van der Waals surface area contributed by atoms with Gasteiger partial charge in [-0.15, -0.1) is 0 Å². The van der Waals surface area contributed by atoms with E-state index in [1.807, 2.05) is 36.4 Å². The number of rotatable bonds is 3. The number of ether oxygens (including phenoxy) is 1. The number of carboxylic acid groups (broad SMARTS) is 1. The molecule has 1 aromatic carbocycles. The van der Waals surface area contributed by atoms with Gasteiger partial charge in [0.25, 0.3) is 0 Å². The summed E-state index contributed by atoms with van der Waals surface area (Å²) in [6.07, 6.45) is -0.688. The van der Waals surface area contributed by atoms with Gasteiger partial charge in [-0.1, -0.05) is 43.3 Å². The monoisotopic (exact) mass is 224 g/mol. The molecule has 0 heterocycles. The van der Waals surface area contributed by atoms with Crippen LogP contribution in [0, 0.1) is 0 Å². The molecule has 0 amide bonds. The van der Waals surface area contributed by atoms with E-state index >= 15 is 0 Å². The quantitative estimate of drug-likeness (QED) is 0.798. The molecule has 0 radical (unpaired) electrons. The van der Waals surface area contributed by atoms with E-state index in [2.05, 4.69) is 4.74 Å². The first-order valence-electron chi connectivity index (χ1n) is 4.98. The maximum Gasteiger partial charge on any atom is 0.345 e. The number of hydrogen-bond acceptors (Lipinski definition) is 3. The SMILES string of the molecule is CCC(OC(C)=O)C(=O)O.c1ccccc1. The van der Waals surface area contributed by atoms with Gasteiger partial charge in [0.15, 0.2) is 6.10 Å². The predicted octanol–water partition coefficient (Wildman–Crippen LogP) is 2.10. The first kappa shape index (κ1) is 14.2. The minimum atomic E-state index is -1.10. The zero-order valence-corrected chi connectivity index (χ0v) is 9.42. The van der Waals surface area contributed by atoms with E-state index in [0.29, 0.717) is 6.42 Å². The van der Waals surface area contributed by atoms with E-state index in [4.69, 9.17) is 5.11 Å². The van der Waals surface area contributed by atoms with Crippen LogP contribution in [0.3, 0.4) is 0 Å². The average molecular weight is 224 g/mol.